The van der Waals surface area contributed by atoms with Gasteiger partial charge in [-0.15, -0.1) is 0 Å². The number of phenols is 1. The van der Waals surface area contributed by atoms with Crippen molar-refractivity contribution in [3.05, 3.63) is 23.8 Å². The summed E-state index contributed by atoms with van der Waals surface area (Å²) in [6.07, 6.45) is 1.13. The lowest BCUT2D eigenvalue weighted by atomic mass is 9.90. The Morgan fingerprint density at radius 3 is 3.06 bits per heavy atom. The number of hydrogen-bond acceptors (Lipinski definition) is 3. The SMILES string of the molecule is CC(C)CNCC1CCNc2c(O)cccc21. The number of phenolic OH excluding ortho intramolecular Hbond substituents is 1. The minimum absolute atomic E-state index is 0.371. The molecule has 94 valence electrons. The van der Waals surface area contributed by atoms with Crippen molar-refractivity contribution >= 4 is 5.69 Å². The molecule has 0 aliphatic carbocycles. The van der Waals surface area contributed by atoms with Crippen LogP contribution < -0.4 is 10.6 Å². The fourth-order valence-electron chi connectivity index (χ4n) is 2.38. The molecular formula is C14H22N2O. The zero-order valence-corrected chi connectivity index (χ0v) is 10.7. The van der Waals surface area contributed by atoms with Gasteiger partial charge in [-0.25, -0.2) is 0 Å². The van der Waals surface area contributed by atoms with Crippen molar-refractivity contribution in [2.24, 2.45) is 5.92 Å². The number of para-hydroxylation sites is 1. The second-order valence-corrected chi connectivity index (χ2v) is 5.21. The summed E-state index contributed by atoms with van der Waals surface area (Å²) in [5, 5.41) is 16.6. The zero-order chi connectivity index (χ0) is 12.3. The van der Waals surface area contributed by atoms with Gasteiger partial charge in [0.25, 0.3) is 0 Å². The quantitative estimate of drug-likeness (QED) is 0.701. The number of hydrogen-bond donors (Lipinski definition) is 3. The fraction of sp³-hybridized carbons (Fsp3) is 0.571. The van der Waals surface area contributed by atoms with E-state index >= 15 is 0 Å². The van der Waals surface area contributed by atoms with Crippen LogP contribution in [0.1, 0.15) is 31.7 Å². The van der Waals surface area contributed by atoms with Crippen LogP contribution in [0.25, 0.3) is 0 Å². The molecule has 3 nitrogen and oxygen atoms in total. The molecule has 1 aromatic carbocycles. The highest BCUT2D eigenvalue weighted by Crippen LogP contribution is 2.36. The van der Waals surface area contributed by atoms with Gasteiger partial charge < -0.3 is 15.7 Å². The van der Waals surface area contributed by atoms with Crippen LogP contribution >= 0.6 is 0 Å². The monoisotopic (exact) mass is 234 g/mol. The predicted octanol–water partition coefficient (Wildman–Crippen LogP) is 2.54. The highest BCUT2D eigenvalue weighted by atomic mass is 16.3. The van der Waals surface area contributed by atoms with Crippen LogP contribution in [0.5, 0.6) is 5.75 Å². The molecule has 0 saturated heterocycles. The second kappa shape index (κ2) is 5.41. The molecular weight excluding hydrogens is 212 g/mol. The molecule has 1 unspecified atom stereocenters. The van der Waals surface area contributed by atoms with E-state index in [1.807, 2.05) is 6.07 Å². The maximum Gasteiger partial charge on any atom is 0.138 e. The smallest absolute Gasteiger partial charge is 0.138 e. The number of aromatic hydroxyl groups is 1. The van der Waals surface area contributed by atoms with E-state index in [0.717, 1.165) is 31.7 Å². The van der Waals surface area contributed by atoms with Gasteiger partial charge in [-0.1, -0.05) is 26.0 Å². The Bertz CT molecular complexity index is 376. The van der Waals surface area contributed by atoms with Crippen molar-refractivity contribution in [2.75, 3.05) is 25.0 Å². The van der Waals surface area contributed by atoms with Crippen molar-refractivity contribution in [1.29, 1.82) is 0 Å². The Morgan fingerprint density at radius 2 is 2.29 bits per heavy atom. The molecule has 1 atom stereocenters. The van der Waals surface area contributed by atoms with Crippen LogP contribution in [0.3, 0.4) is 0 Å². The van der Waals surface area contributed by atoms with Gasteiger partial charge in [-0.05, 0) is 30.5 Å². The topological polar surface area (TPSA) is 44.3 Å². The first kappa shape index (κ1) is 12.2. The maximum absolute atomic E-state index is 9.80. The van der Waals surface area contributed by atoms with Gasteiger partial charge >= 0.3 is 0 Å². The number of fused-ring (bicyclic) bond motifs is 1. The third kappa shape index (κ3) is 2.91. The summed E-state index contributed by atoms with van der Waals surface area (Å²) in [6, 6.07) is 5.79. The molecule has 3 N–H and O–H groups in total. The average molecular weight is 234 g/mol. The largest absolute Gasteiger partial charge is 0.506 e. The van der Waals surface area contributed by atoms with Crippen LogP contribution in [0.4, 0.5) is 5.69 Å². The zero-order valence-electron chi connectivity index (χ0n) is 10.7. The number of nitrogens with one attached hydrogen (secondary N) is 2. The Balaban J connectivity index is 2.04. The van der Waals surface area contributed by atoms with Gasteiger partial charge in [0.2, 0.25) is 0 Å². The van der Waals surface area contributed by atoms with Crippen LogP contribution in [0, 0.1) is 5.92 Å². The molecule has 0 aromatic heterocycles. The van der Waals surface area contributed by atoms with Gasteiger partial charge in [-0.2, -0.15) is 0 Å². The van der Waals surface area contributed by atoms with Crippen molar-refractivity contribution in [1.82, 2.24) is 5.32 Å². The molecule has 0 radical (unpaired) electrons. The molecule has 0 saturated carbocycles. The highest BCUT2D eigenvalue weighted by Gasteiger charge is 2.21. The summed E-state index contributed by atoms with van der Waals surface area (Å²) >= 11 is 0. The third-order valence-corrected chi connectivity index (χ3v) is 3.25. The van der Waals surface area contributed by atoms with Crippen LogP contribution in [0.2, 0.25) is 0 Å². The first-order valence-corrected chi connectivity index (χ1v) is 6.45. The van der Waals surface area contributed by atoms with Crippen LogP contribution in [-0.4, -0.2) is 24.7 Å². The number of anilines is 1. The predicted molar refractivity (Wildman–Crippen MR) is 71.7 cm³/mol. The van der Waals surface area contributed by atoms with E-state index in [0.29, 0.717) is 17.6 Å². The molecule has 0 bridgehead atoms. The molecule has 1 heterocycles. The van der Waals surface area contributed by atoms with Crippen LogP contribution in [0.15, 0.2) is 18.2 Å². The highest BCUT2D eigenvalue weighted by molar-refractivity contribution is 5.64. The minimum atomic E-state index is 0.371. The summed E-state index contributed by atoms with van der Waals surface area (Å²) in [7, 11) is 0. The molecule has 0 spiro atoms. The normalized spacial score (nSPS) is 18.9. The summed E-state index contributed by atoms with van der Waals surface area (Å²) in [4.78, 5) is 0. The lowest BCUT2D eigenvalue weighted by Crippen LogP contribution is -2.29. The standard InChI is InChI=1S/C14H22N2O/c1-10(2)8-15-9-11-6-7-16-14-12(11)4-3-5-13(14)17/h3-5,10-11,15-17H,6-9H2,1-2H3. The van der Waals surface area contributed by atoms with Gasteiger partial charge in [-0.3, -0.25) is 0 Å². The summed E-state index contributed by atoms with van der Waals surface area (Å²) in [5.41, 5.74) is 2.17. The minimum Gasteiger partial charge on any atom is -0.506 e. The Kier molecular flexibility index (Phi) is 3.89. The third-order valence-electron chi connectivity index (χ3n) is 3.25. The van der Waals surface area contributed by atoms with Crippen LogP contribution in [-0.2, 0) is 0 Å². The van der Waals surface area contributed by atoms with Gasteiger partial charge in [0, 0.05) is 19.0 Å². The summed E-state index contributed by atoms with van der Waals surface area (Å²) in [5.74, 6) is 1.56. The fourth-order valence-corrected chi connectivity index (χ4v) is 2.38. The van der Waals surface area contributed by atoms with Crippen molar-refractivity contribution in [3.63, 3.8) is 0 Å². The molecule has 1 aliphatic rings. The van der Waals surface area contributed by atoms with E-state index in [9.17, 15) is 5.11 Å². The molecule has 0 amide bonds. The van der Waals surface area contributed by atoms with Crippen molar-refractivity contribution in [3.8, 4) is 5.75 Å². The lowest BCUT2D eigenvalue weighted by Gasteiger charge is -2.27. The van der Waals surface area contributed by atoms with Gasteiger partial charge in [0.05, 0.1) is 5.69 Å². The summed E-state index contributed by atoms with van der Waals surface area (Å²) in [6.45, 7) is 7.43. The summed E-state index contributed by atoms with van der Waals surface area (Å²) < 4.78 is 0. The van der Waals surface area contributed by atoms with E-state index in [1.165, 1.54) is 5.56 Å². The first-order valence-electron chi connectivity index (χ1n) is 6.45. The molecule has 1 aliphatic heterocycles. The van der Waals surface area contributed by atoms with E-state index in [2.05, 4.69) is 30.5 Å². The van der Waals surface area contributed by atoms with Gasteiger partial charge in [0.15, 0.2) is 0 Å². The first-order chi connectivity index (χ1) is 8.18. The molecule has 2 rings (SSSR count). The Hall–Kier alpha value is -1.22. The van der Waals surface area contributed by atoms with E-state index < -0.39 is 0 Å². The van der Waals surface area contributed by atoms with Gasteiger partial charge in [0.1, 0.15) is 5.75 Å². The molecule has 17 heavy (non-hydrogen) atoms. The molecule has 0 fully saturated rings. The molecule has 1 aromatic rings. The Labute approximate surface area is 103 Å². The van der Waals surface area contributed by atoms with Crippen molar-refractivity contribution < 1.29 is 5.11 Å². The molecule has 3 heteroatoms. The maximum atomic E-state index is 9.80. The van der Waals surface area contributed by atoms with Crippen molar-refractivity contribution in [2.45, 2.75) is 26.2 Å². The lowest BCUT2D eigenvalue weighted by molar-refractivity contribution is 0.468. The number of rotatable bonds is 4. The average Bonchev–Trinajstić information content (AvgIpc) is 2.30. The second-order valence-electron chi connectivity index (χ2n) is 5.21. The van der Waals surface area contributed by atoms with E-state index in [4.69, 9.17) is 0 Å². The Morgan fingerprint density at radius 1 is 1.47 bits per heavy atom. The van der Waals surface area contributed by atoms with E-state index in [1.54, 1.807) is 6.07 Å². The van der Waals surface area contributed by atoms with E-state index in [-0.39, 0.29) is 0 Å². The number of benzene rings is 1.